The molecule has 1 amide bonds. The number of halogens is 1. The molecule has 0 radical (unpaired) electrons. The third-order valence-electron chi connectivity index (χ3n) is 4.43. The predicted molar refractivity (Wildman–Crippen MR) is 108 cm³/mol. The average Bonchev–Trinajstić information content (AvgIpc) is 2.71. The molecule has 144 valence electrons. The number of para-hydroxylation sites is 1. The van der Waals surface area contributed by atoms with Gasteiger partial charge in [-0.25, -0.2) is 0 Å². The Morgan fingerprint density at radius 1 is 1.19 bits per heavy atom. The number of carbonyl (C=O) groups excluding carboxylic acids is 1. The van der Waals surface area contributed by atoms with Crippen LogP contribution in [0.25, 0.3) is 0 Å². The zero-order chi connectivity index (χ0) is 19.4. The molecule has 0 saturated heterocycles. The average molecular weight is 408 g/mol. The van der Waals surface area contributed by atoms with Crippen molar-refractivity contribution in [2.75, 3.05) is 38.7 Å². The Bertz CT molecular complexity index is 831. The maximum atomic E-state index is 13.4. The van der Waals surface area contributed by atoms with Crippen molar-refractivity contribution < 1.29 is 19.0 Å². The van der Waals surface area contributed by atoms with Gasteiger partial charge < -0.3 is 19.1 Å². The third kappa shape index (κ3) is 3.61. The zero-order valence-electron chi connectivity index (χ0n) is 15.5. The minimum absolute atomic E-state index is 0.177. The quantitative estimate of drug-likeness (QED) is 0.506. The van der Waals surface area contributed by atoms with Crippen LogP contribution < -0.4 is 14.4 Å². The van der Waals surface area contributed by atoms with Crippen LogP contribution in [-0.4, -0.2) is 39.7 Å². The molecule has 1 heterocycles. The van der Waals surface area contributed by atoms with Gasteiger partial charge in [-0.2, -0.15) is 0 Å². The highest BCUT2D eigenvalue weighted by Crippen LogP contribution is 2.53. The second kappa shape index (κ2) is 8.42. The molecule has 1 atom stereocenters. The molecule has 1 unspecified atom stereocenters. The topological polar surface area (TPSA) is 48.0 Å². The maximum Gasteiger partial charge on any atom is 0.274 e. The lowest BCUT2D eigenvalue weighted by Gasteiger charge is -2.40. The van der Waals surface area contributed by atoms with Crippen molar-refractivity contribution >= 4 is 35.0 Å². The van der Waals surface area contributed by atoms with Crippen molar-refractivity contribution in [3.05, 3.63) is 48.0 Å². The Hall–Kier alpha value is -1.89. The first-order chi connectivity index (χ1) is 13.1. The first kappa shape index (κ1) is 19.9. The van der Waals surface area contributed by atoms with E-state index in [-0.39, 0.29) is 5.91 Å². The number of thioether (sulfide) groups is 1. The number of likely N-dealkylation sites (N-methyl/N-ethyl adjacent to an activating group) is 1. The van der Waals surface area contributed by atoms with E-state index in [9.17, 15) is 4.79 Å². The molecular weight excluding hydrogens is 386 g/mol. The number of fused-ring (bicyclic) bond motifs is 1. The fourth-order valence-corrected chi connectivity index (χ4v) is 4.47. The van der Waals surface area contributed by atoms with E-state index in [1.807, 2.05) is 24.3 Å². The van der Waals surface area contributed by atoms with E-state index in [1.54, 1.807) is 37.3 Å². The minimum atomic E-state index is -1.27. The van der Waals surface area contributed by atoms with Crippen LogP contribution in [0.5, 0.6) is 11.5 Å². The molecule has 0 spiro atoms. The van der Waals surface area contributed by atoms with Gasteiger partial charge >= 0.3 is 0 Å². The van der Waals surface area contributed by atoms with Crippen molar-refractivity contribution in [1.29, 1.82) is 0 Å². The molecule has 0 aromatic heterocycles. The second-order valence-electron chi connectivity index (χ2n) is 6.01. The van der Waals surface area contributed by atoms with Gasteiger partial charge in [0.2, 0.25) is 4.93 Å². The summed E-state index contributed by atoms with van der Waals surface area (Å²) in [5, 5.41) is 0. The van der Waals surface area contributed by atoms with Gasteiger partial charge in [0.25, 0.3) is 5.91 Å². The van der Waals surface area contributed by atoms with E-state index >= 15 is 0 Å². The first-order valence-corrected chi connectivity index (χ1v) is 9.91. The minimum Gasteiger partial charge on any atom is -0.497 e. The smallest absolute Gasteiger partial charge is 0.274 e. The van der Waals surface area contributed by atoms with Gasteiger partial charge in [0, 0.05) is 30.5 Å². The summed E-state index contributed by atoms with van der Waals surface area (Å²) in [5.41, 5.74) is 1.47. The van der Waals surface area contributed by atoms with E-state index in [0.29, 0.717) is 36.0 Å². The summed E-state index contributed by atoms with van der Waals surface area (Å²) in [4.78, 5) is 14.7. The van der Waals surface area contributed by atoms with Crippen LogP contribution in [0.4, 0.5) is 5.69 Å². The fourth-order valence-electron chi connectivity index (χ4n) is 3.01. The van der Waals surface area contributed by atoms with Crippen LogP contribution in [0.1, 0.15) is 12.0 Å². The van der Waals surface area contributed by atoms with Crippen LogP contribution in [0.3, 0.4) is 0 Å². The Kier molecular flexibility index (Phi) is 6.19. The SMILES string of the molecule is COc1ccc(OCCCCl)c(C2(OC)Sc3ccccc3N(C)C2=O)c1. The van der Waals surface area contributed by atoms with Gasteiger partial charge in [-0.1, -0.05) is 23.9 Å². The number of amides is 1. The Morgan fingerprint density at radius 2 is 1.96 bits per heavy atom. The molecule has 0 fully saturated rings. The van der Waals surface area contributed by atoms with E-state index in [4.69, 9.17) is 25.8 Å². The normalized spacial score (nSPS) is 19.0. The van der Waals surface area contributed by atoms with Crippen molar-refractivity contribution in [2.45, 2.75) is 16.2 Å². The summed E-state index contributed by atoms with van der Waals surface area (Å²) < 4.78 is 17.2. The molecule has 7 heteroatoms. The number of anilines is 1. The molecule has 2 aromatic rings. The van der Waals surface area contributed by atoms with Crippen LogP contribution >= 0.6 is 23.4 Å². The molecule has 1 aliphatic heterocycles. The standard InChI is InChI=1S/C20H22ClNO4S/c1-22-16-7-4-5-8-18(16)27-20(25-3,19(22)23)15-13-14(24-2)9-10-17(15)26-12-6-11-21/h4-5,7-10,13H,6,11-12H2,1-3H3. The van der Waals surface area contributed by atoms with Crippen molar-refractivity contribution in [3.63, 3.8) is 0 Å². The van der Waals surface area contributed by atoms with Crippen LogP contribution in [0, 0.1) is 0 Å². The molecule has 0 saturated carbocycles. The summed E-state index contributed by atoms with van der Waals surface area (Å²) in [5.74, 6) is 1.53. The highest BCUT2D eigenvalue weighted by molar-refractivity contribution is 8.01. The largest absolute Gasteiger partial charge is 0.497 e. The van der Waals surface area contributed by atoms with E-state index in [2.05, 4.69) is 0 Å². The number of rotatable bonds is 7. The van der Waals surface area contributed by atoms with Crippen LogP contribution in [0.15, 0.2) is 47.4 Å². The fraction of sp³-hybridized carbons (Fsp3) is 0.350. The number of alkyl halides is 1. The van der Waals surface area contributed by atoms with E-state index < -0.39 is 4.93 Å². The van der Waals surface area contributed by atoms with Gasteiger partial charge in [0.05, 0.1) is 19.4 Å². The molecule has 0 aliphatic carbocycles. The summed E-state index contributed by atoms with van der Waals surface area (Å²) in [7, 11) is 4.88. The zero-order valence-corrected chi connectivity index (χ0v) is 17.1. The number of ether oxygens (including phenoxy) is 3. The lowest BCUT2D eigenvalue weighted by Crippen LogP contribution is -2.47. The molecule has 5 nitrogen and oxygen atoms in total. The van der Waals surface area contributed by atoms with Crippen molar-refractivity contribution in [2.24, 2.45) is 0 Å². The Labute approximate surface area is 168 Å². The van der Waals surface area contributed by atoms with Gasteiger partial charge in [-0.05, 0) is 36.8 Å². The lowest BCUT2D eigenvalue weighted by atomic mass is 10.0. The van der Waals surface area contributed by atoms with Gasteiger partial charge in [0.1, 0.15) is 11.5 Å². The van der Waals surface area contributed by atoms with Gasteiger partial charge in [-0.3, -0.25) is 4.79 Å². The monoisotopic (exact) mass is 407 g/mol. The summed E-state index contributed by atoms with van der Waals surface area (Å²) in [6.45, 7) is 0.452. The molecule has 3 rings (SSSR count). The van der Waals surface area contributed by atoms with Crippen molar-refractivity contribution in [3.8, 4) is 11.5 Å². The summed E-state index contributed by atoms with van der Waals surface area (Å²) in [6.07, 6.45) is 0.705. The number of benzene rings is 2. The number of methoxy groups -OCH3 is 2. The van der Waals surface area contributed by atoms with Gasteiger partial charge in [-0.15, -0.1) is 11.6 Å². The Balaban J connectivity index is 2.12. The predicted octanol–water partition coefficient (Wildman–Crippen LogP) is 4.27. The number of hydrogen-bond donors (Lipinski definition) is 0. The third-order valence-corrected chi connectivity index (χ3v) is 6.11. The lowest BCUT2D eigenvalue weighted by molar-refractivity contribution is -0.131. The highest BCUT2D eigenvalue weighted by Gasteiger charge is 2.50. The molecule has 2 aromatic carbocycles. The van der Waals surface area contributed by atoms with E-state index in [0.717, 1.165) is 10.6 Å². The molecule has 27 heavy (non-hydrogen) atoms. The highest BCUT2D eigenvalue weighted by atomic mass is 35.5. The number of carbonyl (C=O) groups is 1. The molecule has 1 aliphatic rings. The molecular formula is C20H22ClNO4S. The maximum absolute atomic E-state index is 13.4. The molecule has 0 N–H and O–H groups in total. The second-order valence-corrected chi connectivity index (χ2v) is 7.60. The summed E-state index contributed by atoms with van der Waals surface area (Å²) >= 11 is 7.13. The first-order valence-electron chi connectivity index (χ1n) is 8.56. The van der Waals surface area contributed by atoms with Crippen molar-refractivity contribution in [1.82, 2.24) is 0 Å². The van der Waals surface area contributed by atoms with Crippen LogP contribution in [-0.2, 0) is 14.5 Å². The summed E-state index contributed by atoms with van der Waals surface area (Å²) in [6, 6.07) is 13.2. The van der Waals surface area contributed by atoms with E-state index in [1.165, 1.54) is 18.9 Å². The number of nitrogens with zero attached hydrogens (tertiary/aromatic N) is 1. The Morgan fingerprint density at radius 3 is 2.67 bits per heavy atom. The van der Waals surface area contributed by atoms with Crippen LogP contribution in [0.2, 0.25) is 0 Å². The van der Waals surface area contributed by atoms with Gasteiger partial charge in [0.15, 0.2) is 0 Å². The molecule has 0 bridgehead atoms. The number of hydrogen-bond acceptors (Lipinski definition) is 5.